The summed E-state index contributed by atoms with van der Waals surface area (Å²) in [7, 11) is 0. The monoisotopic (exact) mass is 417 g/mol. The largest absolute Gasteiger partial charge is 0.481 e. The van der Waals surface area contributed by atoms with Crippen LogP contribution in [0, 0.1) is 5.92 Å². The molecule has 164 valence electrons. The molecule has 1 heterocycles. The summed E-state index contributed by atoms with van der Waals surface area (Å²) in [5.41, 5.74) is 15.8. The molecule has 0 fully saturated rings. The molecule has 2 unspecified atom stereocenters. The van der Waals surface area contributed by atoms with Crippen LogP contribution in [-0.4, -0.2) is 33.2 Å². The van der Waals surface area contributed by atoms with Gasteiger partial charge in [0.2, 0.25) is 5.56 Å². The summed E-state index contributed by atoms with van der Waals surface area (Å²) in [4.78, 5) is 34.7. The van der Waals surface area contributed by atoms with Crippen molar-refractivity contribution in [3.8, 4) is 0 Å². The summed E-state index contributed by atoms with van der Waals surface area (Å²) >= 11 is 0. The minimum absolute atomic E-state index is 0.0231. The molecule has 2 aliphatic carbocycles. The zero-order chi connectivity index (χ0) is 22.9. The van der Waals surface area contributed by atoms with Crippen LogP contribution in [0.4, 0.5) is 0 Å². The molecule has 3 atom stereocenters. The van der Waals surface area contributed by atoms with Gasteiger partial charge in [0.15, 0.2) is 0 Å². The molecule has 0 aliphatic heterocycles. The van der Waals surface area contributed by atoms with E-state index in [0.29, 0.717) is 0 Å². The number of nitrogens with two attached hydrogens (primary N) is 2. The van der Waals surface area contributed by atoms with Crippen LogP contribution in [0.15, 0.2) is 40.2 Å². The summed E-state index contributed by atoms with van der Waals surface area (Å²) in [5, 5.41) is 16.3. The summed E-state index contributed by atoms with van der Waals surface area (Å²) < 4.78 is 0. The van der Waals surface area contributed by atoms with Gasteiger partial charge in [-0.3, -0.25) is 14.4 Å². The first-order chi connectivity index (χ1) is 13.8. The molecule has 3 rings (SSSR count). The van der Waals surface area contributed by atoms with Gasteiger partial charge in [0.25, 0.3) is 0 Å². The van der Waals surface area contributed by atoms with E-state index in [9.17, 15) is 14.4 Å². The maximum Gasteiger partial charge on any atom is 0.320 e. The van der Waals surface area contributed by atoms with Gasteiger partial charge in [0, 0.05) is 29.5 Å². The summed E-state index contributed by atoms with van der Waals surface area (Å²) in [6, 6.07) is 2.44. The number of aromatic amines is 1. The number of H-pyrrole nitrogens is 1. The fourth-order valence-electron chi connectivity index (χ4n) is 4.45. The molecule has 7 N–H and O–H groups in total. The van der Waals surface area contributed by atoms with E-state index in [1.807, 2.05) is 6.07 Å². The van der Waals surface area contributed by atoms with E-state index in [2.05, 4.69) is 44.8 Å². The van der Waals surface area contributed by atoms with Crippen LogP contribution in [0.5, 0.6) is 0 Å². The first-order valence-electron chi connectivity index (χ1n) is 9.92. The number of nitrogens with one attached hydrogen (secondary N) is 1. The third kappa shape index (κ3) is 4.39. The molecule has 1 aromatic rings. The van der Waals surface area contributed by atoms with Crippen LogP contribution >= 0.6 is 0 Å². The Hall–Kier alpha value is -2.71. The molecule has 0 saturated heterocycles. The van der Waals surface area contributed by atoms with E-state index < -0.39 is 23.5 Å². The molecule has 0 radical (unpaired) electrons. The van der Waals surface area contributed by atoms with Gasteiger partial charge < -0.3 is 26.7 Å². The fraction of sp³-hybridized carbons (Fsp3) is 0.500. The van der Waals surface area contributed by atoms with E-state index in [0.717, 1.165) is 17.7 Å². The Morgan fingerprint density at radius 2 is 1.97 bits per heavy atom. The Bertz CT molecular complexity index is 960. The number of pyridine rings is 1. The van der Waals surface area contributed by atoms with Gasteiger partial charge in [0.1, 0.15) is 6.04 Å². The molecule has 0 spiro atoms. The SMILES string of the molecule is C/C=C1\C2C=C(C)C[C@]1(N)c1ccc(=O)[nH]c1C2(C)C.NC(CCC(=O)O)C(=O)O. The Morgan fingerprint density at radius 3 is 2.50 bits per heavy atom. The van der Waals surface area contributed by atoms with Crippen molar-refractivity contribution in [3.63, 3.8) is 0 Å². The molecule has 30 heavy (non-hydrogen) atoms. The second-order valence-corrected chi connectivity index (χ2v) is 8.59. The van der Waals surface area contributed by atoms with Crippen molar-refractivity contribution < 1.29 is 19.8 Å². The van der Waals surface area contributed by atoms with Crippen molar-refractivity contribution in [2.24, 2.45) is 17.4 Å². The molecule has 0 aromatic carbocycles. The minimum atomic E-state index is -1.17. The van der Waals surface area contributed by atoms with Gasteiger partial charge >= 0.3 is 11.9 Å². The molecule has 2 bridgehead atoms. The molecule has 8 heteroatoms. The maximum atomic E-state index is 11.7. The lowest BCUT2D eigenvalue weighted by molar-refractivity contribution is -0.139. The molecule has 0 saturated carbocycles. The van der Waals surface area contributed by atoms with Gasteiger partial charge in [-0.15, -0.1) is 0 Å². The van der Waals surface area contributed by atoms with Crippen molar-refractivity contribution in [1.82, 2.24) is 4.98 Å². The number of hydrogen-bond donors (Lipinski definition) is 5. The van der Waals surface area contributed by atoms with Crippen molar-refractivity contribution in [3.05, 3.63) is 57.0 Å². The molecule has 0 amide bonds. The minimum Gasteiger partial charge on any atom is -0.481 e. The van der Waals surface area contributed by atoms with E-state index in [1.165, 1.54) is 11.1 Å². The molecule has 8 nitrogen and oxygen atoms in total. The van der Waals surface area contributed by atoms with Crippen molar-refractivity contribution >= 4 is 11.9 Å². The quantitative estimate of drug-likeness (QED) is 0.468. The van der Waals surface area contributed by atoms with Crippen LogP contribution in [-0.2, 0) is 20.5 Å². The van der Waals surface area contributed by atoms with Crippen molar-refractivity contribution in [2.75, 3.05) is 0 Å². The van der Waals surface area contributed by atoms with E-state index in [-0.39, 0.29) is 29.7 Å². The van der Waals surface area contributed by atoms with E-state index in [4.69, 9.17) is 21.7 Å². The number of rotatable bonds is 4. The highest BCUT2D eigenvalue weighted by Crippen LogP contribution is 2.54. The number of carbonyl (C=O) groups is 2. The first-order valence-corrected chi connectivity index (χ1v) is 9.92. The average Bonchev–Trinajstić information content (AvgIpc) is 2.64. The van der Waals surface area contributed by atoms with Crippen LogP contribution in [0.1, 0.15) is 58.2 Å². The van der Waals surface area contributed by atoms with E-state index in [1.54, 1.807) is 6.07 Å². The second kappa shape index (κ2) is 8.57. The standard InChI is InChI=1S/C17H22N2O.C5H9NO4/c1-5-11-13-8-10(2)9-17(11,18)12-6-7-14(20)19-15(12)16(13,3)4;6-3(5(9)10)1-2-4(7)8/h5-8,13H,9,18H2,1-4H3,(H,19,20);3H,1-2,6H2,(H,7,8)(H,9,10)/b11-5+;/t13?,17-;/m1./s1. The van der Waals surface area contributed by atoms with Crippen LogP contribution in [0.2, 0.25) is 0 Å². The lowest BCUT2D eigenvalue weighted by atomic mass is 9.55. The lowest BCUT2D eigenvalue weighted by Gasteiger charge is -2.52. The number of carboxylic acid groups (broad SMARTS) is 2. The molecule has 1 aromatic heterocycles. The number of fused-ring (bicyclic) bond motifs is 4. The summed E-state index contributed by atoms with van der Waals surface area (Å²) in [5.74, 6) is -1.95. The number of aliphatic carboxylic acids is 2. The van der Waals surface area contributed by atoms with Crippen LogP contribution in [0.25, 0.3) is 0 Å². The normalized spacial score (nSPS) is 26.0. The molecular formula is C22H31N3O5. The fourth-order valence-corrected chi connectivity index (χ4v) is 4.45. The Morgan fingerprint density at radius 1 is 1.33 bits per heavy atom. The highest BCUT2D eigenvalue weighted by atomic mass is 16.4. The maximum absolute atomic E-state index is 11.7. The number of hydrogen-bond acceptors (Lipinski definition) is 5. The molecular weight excluding hydrogens is 386 g/mol. The third-order valence-corrected chi connectivity index (χ3v) is 5.98. The number of aromatic nitrogens is 1. The Kier molecular flexibility index (Phi) is 6.73. The number of carboxylic acids is 2. The third-order valence-electron chi connectivity index (χ3n) is 5.98. The van der Waals surface area contributed by atoms with Crippen molar-refractivity contribution in [2.45, 2.75) is 64.0 Å². The van der Waals surface area contributed by atoms with Crippen LogP contribution < -0.4 is 17.0 Å². The van der Waals surface area contributed by atoms with Gasteiger partial charge in [-0.2, -0.15) is 0 Å². The predicted molar refractivity (Wildman–Crippen MR) is 114 cm³/mol. The predicted octanol–water partition coefficient (Wildman–Crippen LogP) is 2.00. The smallest absolute Gasteiger partial charge is 0.320 e. The average molecular weight is 418 g/mol. The highest BCUT2D eigenvalue weighted by Gasteiger charge is 2.51. The van der Waals surface area contributed by atoms with Gasteiger partial charge in [0.05, 0.1) is 5.54 Å². The lowest BCUT2D eigenvalue weighted by Crippen LogP contribution is -2.54. The molecule has 2 aliphatic rings. The zero-order valence-electron chi connectivity index (χ0n) is 17.9. The highest BCUT2D eigenvalue weighted by molar-refractivity contribution is 5.74. The van der Waals surface area contributed by atoms with Gasteiger partial charge in [-0.05, 0) is 43.9 Å². The Labute approximate surface area is 175 Å². The van der Waals surface area contributed by atoms with Crippen molar-refractivity contribution in [1.29, 1.82) is 0 Å². The Balaban J connectivity index is 0.000000274. The second-order valence-electron chi connectivity index (χ2n) is 8.59. The summed E-state index contributed by atoms with van der Waals surface area (Å²) in [6.45, 7) is 8.58. The first kappa shape index (κ1) is 23.6. The topological polar surface area (TPSA) is 160 Å². The van der Waals surface area contributed by atoms with Gasteiger partial charge in [-0.1, -0.05) is 31.6 Å². The summed E-state index contributed by atoms with van der Waals surface area (Å²) in [6.07, 6.45) is 5.06. The zero-order valence-corrected chi connectivity index (χ0v) is 17.9. The van der Waals surface area contributed by atoms with Gasteiger partial charge in [-0.25, -0.2) is 0 Å². The van der Waals surface area contributed by atoms with Crippen LogP contribution in [0.3, 0.4) is 0 Å². The number of allylic oxidation sites excluding steroid dienone is 2. The van der Waals surface area contributed by atoms with E-state index >= 15 is 0 Å².